The van der Waals surface area contributed by atoms with Gasteiger partial charge in [-0.05, 0) is 0 Å². The predicted octanol–water partition coefficient (Wildman–Crippen LogP) is 4.45. The molecule has 1 aliphatic carbocycles. The third-order valence-corrected chi connectivity index (χ3v) is 6.23. The van der Waals surface area contributed by atoms with Crippen molar-refractivity contribution in [2.24, 2.45) is 22.7 Å². The minimum atomic E-state index is 0.497. The molecule has 1 fully saturated rings. The van der Waals surface area contributed by atoms with Crippen LogP contribution in [0, 0.1) is 22.7 Å². The molecule has 0 N–H and O–H groups in total. The van der Waals surface area contributed by atoms with Crippen molar-refractivity contribution in [1.82, 2.24) is 0 Å². The summed E-state index contributed by atoms with van der Waals surface area (Å²) in [6.07, 6.45) is 4.41. The van der Waals surface area contributed by atoms with E-state index in [1.807, 2.05) is 0 Å². The van der Waals surface area contributed by atoms with Gasteiger partial charge in [-0.2, -0.15) is 0 Å². The summed E-state index contributed by atoms with van der Waals surface area (Å²) in [5.41, 5.74) is 0.994. The van der Waals surface area contributed by atoms with Crippen LogP contribution in [0.1, 0.15) is 60.8 Å². The first kappa shape index (κ1) is 13.9. The molecular formula is C14H27Bi. The quantitative estimate of drug-likeness (QED) is 0.524. The molecule has 88 valence electrons. The molecule has 1 aliphatic rings. The van der Waals surface area contributed by atoms with E-state index >= 15 is 0 Å². The van der Waals surface area contributed by atoms with Gasteiger partial charge in [-0.1, -0.05) is 0 Å². The zero-order chi connectivity index (χ0) is 11.9. The van der Waals surface area contributed by atoms with Gasteiger partial charge in [0.1, 0.15) is 0 Å². The predicted molar refractivity (Wildman–Crippen MR) is 69.2 cm³/mol. The van der Waals surface area contributed by atoms with Crippen LogP contribution in [0.2, 0.25) is 3.63 Å². The third-order valence-electron chi connectivity index (χ3n) is 3.98. The van der Waals surface area contributed by atoms with Crippen LogP contribution in [0.3, 0.4) is 0 Å². The normalized spacial score (nSPS) is 34.2. The van der Waals surface area contributed by atoms with Crippen LogP contribution in [0.5, 0.6) is 0 Å². The van der Waals surface area contributed by atoms with E-state index in [-0.39, 0.29) is 0 Å². The first-order chi connectivity index (χ1) is 6.64. The second-order valence-corrected chi connectivity index (χ2v) is 9.94. The van der Waals surface area contributed by atoms with E-state index in [1.165, 1.54) is 19.3 Å². The maximum absolute atomic E-state index is 2.45. The Hall–Kier alpha value is 0.883. The molecule has 1 saturated carbocycles. The molecule has 0 spiro atoms. The second-order valence-electron chi connectivity index (χ2n) is 7.36. The summed E-state index contributed by atoms with van der Waals surface area (Å²) in [5, 5.41) is 0. The summed E-state index contributed by atoms with van der Waals surface area (Å²) in [6.45, 7) is 14.7. The number of rotatable bonds is 0. The summed E-state index contributed by atoms with van der Waals surface area (Å²) in [5.74, 6) is 1.88. The molecule has 3 atom stereocenters. The molecule has 0 saturated heterocycles. The van der Waals surface area contributed by atoms with E-state index in [0.29, 0.717) is 10.8 Å². The van der Waals surface area contributed by atoms with Gasteiger partial charge >= 0.3 is 112 Å². The zero-order valence-corrected chi connectivity index (χ0v) is 14.8. The Morgan fingerprint density at radius 3 is 1.73 bits per heavy atom. The third kappa shape index (κ3) is 3.42. The fourth-order valence-corrected chi connectivity index (χ4v) is 6.58. The summed E-state index contributed by atoms with van der Waals surface area (Å²) in [7, 11) is 0. The van der Waals surface area contributed by atoms with Crippen molar-refractivity contribution in [3.63, 3.8) is 0 Å². The second kappa shape index (κ2) is 4.63. The van der Waals surface area contributed by atoms with Crippen LogP contribution in [-0.2, 0) is 0 Å². The average molecular weight is 404 g/mol. The fourth-order valence-electron chi connectivity index (χ4n) is 3.33. The first-order valence-electron chi connectivity index (χ1n) is 6.32. The van der Waals surface area contributed by atoms with Gasteiger partial charge in [-0.25, -0.2) is 0 Å². The molecule has 3 unspecified atom stereocenters. The van der Waals surface area contributed by atoms with Gasteiger partial charge < -0.3 is 0 Å². The molecule has 1 heteroatoms. The Labute approximate surface area is 111 Å². The van der Waals surface area contributed by atoms with Gasteiger partial charge in [0, 0.05) is 0 Å². The van der Waals surface area contributed by atoms with E-state index in [4.69, 9.17) is 0 Å². The molecular weight excluding hydrogens is 377 g/mol. The Morgan fingerprint density at radius 2 is 1.40 bits per heavy atom. The molecule has 0 bridgehead atoms. The molecule has 0 heterocycles. The molecule has 0 nitrogen and oxygen atoms in total. The summed E-state index contributed by atoms with van der Waals surface area (Å²) in [4.78, 5) is 0. The Morgan fingerprint density at radius 1 is 0.867 bits per heavy atom. The van der Waals surface area contributed by atoms with Crippen LogP contribution in [0.4, 0.5) is 0 Å². The Kier molecular flexibility index (Phi) is 4.31. The van der Waals surface area contributed by atoms with Crippen LogP contribution < -0.4 is 0 Å². The monoisotopic (exact) mass is 404 g/mol. The van der Waals surface area contributed by atoms with Gasteiger partial charge in [-0.3, -0.25) is 0 Å². The van der Waals surface area contributed by atoms with Gasteiger partial charge in [0.15, 0.2) is 0 Å². The molecule has 0 amide bonds. The van der Waals surface area contributed by atoms with Crippen molar-refractivity contribution >= 4 is 24.7 Å². The maximum atomic E-state index is 2.45. The van der Waals surface area contributed by atoms with Crippen LogP contribution in [0.15, 0.2) is 0 Å². The molecule has 15 heavy (non-hydrogen) atoms. The van der Waals surface area contributed by atoms with Crippen molar-refractivity contribution in [3.8, 4) is 0 Å². The standard InChI is InChI=1S/C14H27.Bi/c1-13(2,3)11-9-7-8-10-12(11)14(4,5)6;/h9,11-12H,7-8,10H2,1-6H3;. The molecule has 0 aliphatic heterocycles. The van der Waals surface area contributed by atoms with Crippen LogP contribution in [-0.4, -0.2) is 24.7 Å². The van der Waals surface area contributed by atoms with Crippen LogP contribution in [0.25, 0.3) is 0 Å². The van der Waals surface area contributed by atoms with E-state index < -0.39 is 0 Å². The minimum absolute atomic E-state index is 0.497. The summed E-state index contributed by atoms with van der Waals surface area (Å²) < 4.78 is 1.02. The first-order valence-corrected chi connectivity index (χ1v) is 8.33. The van der Waals surface area contributed by atoms with Crippen molar-refractivity contribution in [2.45, 2.75) is 64.4 Å². The Balaban J connectivity index is 2.93. The van der Waals surface area contributed by atoms with Gasteiger partial charge in [0.25, 0.3) is 0 Å². The number of hydrogen-bond acceptors (Lipinski definition) is 0. The SMILES string of the molecule is CC(C)(C)C1CCC[CH]([Bi])C1C(C)(C)C. The van der Waals surface area contributed by atoms with Crippen LogP contribution >= 0.6 is 0 Å². The zero-order valence-electron chi connectivity index (χ0n) is 11.3. The molecule has 1 rings (SSSR count). The van der Waals surface area contributed by atoms with E-state index in [9.17, 15) is 0 Å². The van der Waals surface area contributed by atoms with E-state index in [0.717, 1.165) is 15.5 Å². The summed E-state index contributed by atoms with van der Waals surface area (Å²) >= 11 is 1.60. The fraction of sp³-hybridized carbons (Fsp3) is 1.00. The van der Waals surface area contributed by atoms with Gasteiger partial charge in [-0.15, -0.1) is 0 Å². The van der Waals surface area contributed by atoms with E-state index in [2.05, 4.69) is 41.5 Å². The van der Waals surface area contributed by atoms with E-state index in [1.54, 1.807) is 24.7 Å². The van der Waals surface area contributed by atoms with Gasteiger partial charge in [0.2, 0.25) is 0 Å². The van der Waals surface area contributed by atoms with Gasteiger partial charge in [0.05, 0.1) is 0 Å². The van der Waals surface area contributed by atoms with Crippen molar-refractivity contribution in [2.75, 3.05) is 0 Å². The molecule has 0 aromatic carbocycles. The molecule has 2 radical (unpaired) electrons. The van der Waals surface area contributed by atoms with Crippen molar-refractivity contribution in [1.29, 1.82) is 0 Å². The Bertz CT molecular complexity index is 206. The topological polar surface area (TPSA) is 0 Å². The van der Waals surface area contributed by atoms with Crippen molar-refractivity contribution in [3.05, 3.63) is 0 Å². The molecule has 0 aromatic rings. The van der Waals surface area contributed by atoms with Crippen molar-refractivity contribution < 1.29 is 0 Å². The summed E-state index contributed by atoms with van der Waals surface area (Å²) in [6, 6.07) is 0. The average Bonchev–Trinajstić information content (AvgIpc) is 1.99. The molecule has 0 aromatic heterocycles. The number of hydrogen-bond donors (Lipinski definition) is 0.